The van der Waals surface area contributed by atoms with Crippen molar-refractivity contribution < 1.29 is 24.0 Å². The molecule has 0 aliphatic carbocycles. The van der Waals surface area contributed by atoms with Crippen LogP contribution in [0.4, 0.5) is 5.69 Å². The van der Waals surface area contributed by atoms with Crippen molar-refractivity contribution in [1.29, 1.82) is 0 Å². The minimum absolute atomic E-state index is 0.127. The summed E-state index contributed by atoms with van der Waals surface area (Å²) in [7, 11) is 0. The third-order valence-corrected chi connectivity index (χ3v) is 5.45. The van der Waals surface area contributed by atoms with E-state index in [-0.39, 0.29) is 35.5 Å². The van der Waals surface area contributed by atoms with Gasteiger partial charge in [-0.3, -0.25) is 24.4 Å². The van der Waals surface area contributed by atoms with Crippen molar-refractivity contribution in [2.45, 2.75) is 59.7 Å². The second kappa shape index (κ2) is 8.78. The largest absolute Gasteiger partial charge is 0.456 e. The van der Waals surface area contributed by atoms with Gasteiger partial charge < -0.3 is 14.0 Å². The number of aromatic nitrogens is 3. The number of ether oxygens (including phenoxy) is 2. The number of aryl methyl sites for hydroxylation is 2. The molecule has 1 saturated heterocycles. The summed E-state index contributed by atoms with van der Waals surface area (Å²) in [5.41, 5.74) is 2.64. The molecule has 0 saturated carbocycles. The molecule has 0 spiro atoms. The molecular formula is C20H26N4O6. The predicted molar refractivity (Wildman–Crippen MR) is 107 cm³/mol. The SMILES string of the molecule is Cc1nn(CC(=O)OCC(=O)c2cc(C)n(C[C@H]3CCCO3)c2C)c(C)c1[N+](=O)[O-]. The van der Waals surface area contributed by atoms with Gasteiger partial charge in [-0.25, -0.2) is 0 Å². The van der Waals surface area contributed by atoms with Gasteiger partial charge in [0.2, 0.25) is 5.78 Å². The second-order valence-electron chi connectivity index (χ2n) is 7.55. The van der Waals surface area contributed by atoms with Gasteiger partial charge in [0.25, 0.3) is 0 Å². The number of nitro groups is 1. The van der Waals surface area contributed by atoms with Crippen LogP contribution in [0.2, 0.25) is 0 Å². The summed E-state index contributed by atoms with van der Waals surface area (Å²) in [5.74, 6) is -0.980. The molecule has 2 aromatic rings. The lowest BCUT2D eigenvalue weighted by Crippen LogP contribution is -2.20. The van der Waals surface area contributed by atoms with Crippen molar-refractivity contribution in [3.05, 3.63) is 44.5 Å². The molecule has 2 aromatic heterocycles. The Morgan fingerprint density at radius 1 is 1.30 bits per heavy atom. The Bertz CT molecular complexity index is 984. The van der Waals surface area contributed by atoms with Gasteiger partial charge in [0.1, 0.15) is 17.9 Å². The summed E-state index contributed by atoms with van der Waals surface area (Å²) in [4.78, 5) is 35.3. The fraction of sp³-hybridized carbons (Fsp3) is 0.550. The van der Waals surface area contributed by atoms with E-state index in [9.17, 15) is 19.7 Å². The van der Waals surface area contributed by atoms with Gasteiger partial charge in [0.05, 0.1) is 11.0 Å². The first-order valence-electron chi connectivity index (χ1n) is 9.84. The number of hydrogen-bond acceptors (Lipinski definition) is 7. The third kappa shape index (κ3) is 4.43. The fourth-order valence-corrected chi connectivity index (χ4v) is 3.85. The Morgan fingerprint density at radius 2 is 2.03 bits per heavy atom. The van der Waals surface area contributed by atoms with E-state index in [0.717, 1.165) is 30.8 Å². The maximum Gasteiger partial charge on any atom is 0.328 e. The van der Waals surface area contributed by atoms with Crippen LogP contribution >= 0.6 is 0 Å². The highest BCUT2D eigenvalue weighted by molar-refractivity contribution is 5.99. The molecule has 0 amide bonds. The lowest BCUT2D eigenvalue weighted by Gasteiger charge is -2.14. The normalized spacial score (nSPS) is 16.1. The Hall–Kier alpha value is -3.01. The molecule has 0 radical (unpaired) electrons. The lowest BCUT2D eigenvalue weighted by molar-refractivity contribution is -0.386. The number of carbonyl (C=O) groups is 2. The Labute approximate surface area is 173 Å². The molecule has 3 heterocycles. The molecule has 162 valence electrons. The predicted octanol–water partition coefficient (Wildman–Crippen LogP) is 2.43. The third-order valence-electron chi connectivity index (χ3n) is 5.45. The topological polar surface area (TPSA) is 118 Å². The standard InChI is InChI=1S/C20H26N4O6/c1-12-8-17(14(3)22(12)9-16-6-5-7-29-16)18(25)11-30-19(26)10-23-15(4)20(24(27)28)13(2)21-23/h8,16H,5-7,9-11H2,1-4H3/t16-/m1/s1. The van der Waals surface area contributed by atoms with E-state index in [1.807, 2.05) is 13.8 Å². The van der Waals surface area contributed by atoms with Crippen LogP contribution in [0.3, 0.4) is 0 Å². The van der Waals surface area contributed by atoms with Crippen molar-refractivity contribution in [2.75, 3.05) is 13.2 Å². The quantitative estimate of drug-likeness (QED) is 0.279. The van der Waals surface area contributed by atoms with E-state index in [2.05, 4.69) is 9.67 Å². The van der Waals surface area contributed by atoms with Gasteiger partial charge >= 0.3 is 11.7 Å². The zero-order valence-corrected chi connectivity index (χ0v) is 17.6. The average molecular weight is 418 g/mol. The van der Waals surface area contributed by atoms with E-state index >= 15 is 0 Å². The van der Waals surface area contributed by atoms with Gasteiger partial charge in [-0.2, -0.15) is 5.10 Å². The first-order valence-corrected chi connectivity index (χ1v) is 9.84. The minimum atomic E-state index is -0.683. The van der Waals surface area contributed by atoms with E-state index in [4.69, 9.17) is 9.47 Å². The molecule has 30 heavy (non-hydrogen) atoms. The first-order chi connectivity index (χ1) is 14.2. The average Bonchev–Trinajstić information content (AvgIpc) is 3.35. The monoisotopic (exact) mass is 418 g/mol. The molecule has 0 aromatic carbocycles. The number of rotatable bonds is 8. The molecule has 10 heteroatoms. The fourth-order valence-electron chi connectivity index (χ4n) is 3.85. The summed E-state index contributed by atoms with van der Waals surface area (Å²) in [6.07, 6.45) is 2.20. The lowest BCUT2D eigenvalue weighted by atomic mass is 10.1. The van der Waals surface area contributed by atoms with Gasteiger partial charge in [-0.05, 0) is 46.6 Å². The van der Waals surface area contributed by atoms with Crippen molar-refractivity contribution in [3.63, 3.8) is 0 Å². The maximum atomic E-state index is 12.6. The summed E-state index contributed by atoms with van der Waals surface area (Å²) in [6.45, 7) is 7.58. The molecule has 0 bridgehead atoms. The van der Waals surface area contributed by atoms with Crippen molar-refractivity contribution in [3.8, 4) is 0 Å². The van der Waals surface area contributed by atoms with E-state index in [1.165, 1.54) is 18.5 Å². The highest BCUT2D eigenvalue weighted by Gasteiger charge is 2.24. The summed E-state index contributed by atoms with van der Waals surface area (Å²) >= 11 is 0. The zero-order chi connectivity index (χ0) is 22.0. The van der Waals surface area contributed by atoms with Crippen LogP contribution in [0.5, 0.6) is 0 Å². The number of ketones is 1. The van der Waals surface area contributed by atoms with Crippen LogP contribution in [-0.2, 0) is 27.4 Å². The van der Waals surface area contributed by atoms with Crippen LogP contribution in [-0.4, -0.2) is 50.3 Å². The number of esters is 1. The van der Waals surface area contributed by atoms with Gasteiger partial charge in [0, 0.05) is 30.1 Å². The highest BCUT2D eigenvalue weighted by Crippen LogP contribution is 2.22. The van der Waals surface area contributed by atoms with E-state index < -0.39 is 17.5 Å². The Kier molecular flexibility index (Phi) is 6.35. The van der Waals surface area contributed by atoms with Gasteiger partial charge in [-0.15, -0.1) is 0 Å². The zero-order valence-electron chi connectivity index (χ0n) is 17.6. The van der Waals surface area contributed by atoms with Gasteiger partial charge in [0.15, 0.2) is 6.61 Å². The number of nitrogens with zero attached hydrogens (tertiary/aromatic N) is 4. The Morgan fingerprint density at radius 3 is 2.63 bits per heavy atom. The number of Topliss-reactive ketones (excluding diaryl/α,β-unsaturated/α-hetero) is 1. The van der Waals surface area contributed by atoms with E-state index in [1.54, 1.807) is 6.07 Å². The van der Waals surface area contributed by atoms with Crippen LogP contribution in [0.15, 0.2) is 6.07 Å². The molecule has 10 nitrogen and oxygen atoms in total. The maximum absolute atomic E-state index is 12.6. The van der Waals surface area contributed by atoms with Crippen molar-refractivity contribution in [2.24, 2.45) is 0 Å². The molecule has 0 N–H and O–H groups in total. The second-order valence-corrected chi connectivity index (χ2v) is 7.55. The first kappa shape index (κ1) is 21.7. The van der Waals surface area contributed by atoms with Crippen LogP contribution < -0.4 is 0 Å². The molecule has 0 unspecified atom stereocenters. The van der Waals surface area contributed by atoms with Crippen molar-refractivity contribution in [1.82, 2.24) is 14.3 Å². The molecule has 1 aliphatic heterocycles. The summed E-state index contributed by atoms with van der Waals surface area (Å²) in [5, 5.41) is 15.1. The molecule has 1 fully saturated rings. The van der Waals surface area contributed by atoms with E-state index in [0.29, 0.717) is 12.1 Å². The molecular weight excluding hydrogens is 392 g/mol. The van der Waals surface area contributed by atoms with Crippen LogP contribution in [0.25, 0.3) is 0 Å². The van der Waals surface area contributed by atoms with Gasteiger partial charge in [-0.1, -0.05) is 0 Å². The smallest absolute Gasteiger partial charge is 0.328 e. The molecule has 3 rings (SSSR count). The summed E-state index contributed by atoms with van der Waals surface area (Å²) in [6, 6.07) is 1.80. The highest BCUT2D eigenvalue weighted by atomic mass is 16.6. The number of carbonyl (C=O) groups excluding carboxylic acids is 2. The summed E-state index contributed by atoms with van der Waals surface area (Å²) < 4.78 is 14.1. The minimum Gasteiger partial charge on any atom is -0.456 e. The molecule has 1 atom stereocenters. The number of hydrogen-bond donors (Lipinski definition) is 0. The van der Waals surface area contributed by atoms with Crippen LogP contribution in [0, 0.1) is 37.8 Å². The van der Waals surface area contributed by atoms with Crippen molar-refractivity contribution >= 4 is 17.4 Å². The molecule has 1 aliphatic rings. The van der Waals surface area contributed by atoms with Crippen LogP contribution in [0.1, 0.15) is 46.0 Å². The Balaban J connectivity index is 1.61.